The first kappa shape index (κ1) is 12.1. The van der Waals surface area contributed by atoms with E-state index < -0.39 is 0 Å². The molecular formula is C13H17BrFN. The summed E-state index contributed by atoms with van der Waals surface area (Å²) in [6.07, 6.45) is 2.19. The van der Waals surface area contributed by atoms with Crippen LogP contribution in [0.3, 0.4) is 0 Å². The largest absolute Gasteiger partial charge is 0.316 e. The first-order valence-electron chi connectivity index (χ1n) is 5.74. The third-order valence-corrected chi connectivity index (χ3v) is 4.39. The fourth-order valence-electron chi connectivity index (χ4n) is 2.32. The number of hydrogen-bond acceptors (Lipinski definition) is 1. The Hall–Kier alpha value is -0.410. The van der Waals surface area contributed by atoms with Gasteiger partial charge in [-0.15, -0.1) is 0 Å². The number of aryl methyl sites for hydroxylation is 1. The lowest BCUT2D eigenvalue weighted by Gasteiger charge is -2.14. The van der Waals surface area contributed by atoms with Crippen LogP contribution in [0.2, 0.25) is 0 Å². The molecule has 3 heteroatoms. The first-order valence-corrected chi connectivity index (χ1v) is 6.53. The smallest absolute Gasteiger partial charge is 0.140 e. The molecule has 1 heterocycles. The molecule has 1 aromatic carbocycles. The minimum atomic E-state index is -0.0963. The Morgan fingerprint density at radius 3 is 2.88 bits per heavy atom. The van der Waals surface area contributed by atoms with Gasteiger partial charge in [-0.2, -0.15) is 0 Å². The summed E-state index contributed by atoms with van der Waals surface area (Å²) in [4.78, 5) is 0. The molecule has 0 aromatic heterocycles. The van der Waals surface area contributed by atoms with E-state index >= 15 is 0 Å². The van der Waals surface area contributed by atoms with Gasteiger partial charge in [0, 0.05) is 0 Å². The highest BCUT2D eigenvalue weighted by Crippen LogP contribution is 2.28. The topological polar surface area (TPSA) is 12.0 Å². The minimum absolute atomic E-state index is 0.0963. The van der Waals surface area contributed by atoms with Crippen molar-refractivity contribution < 1.29 is 4.39 Å². The van der Waals surface area contributed by atoms with Crippen molar-refractivity contribution in [2.75, 3.05) is 13.1 Å². The Balaban J connectivity index is 2.26. The van der Waals surface area contributed by atoms with Gasteiger partial charge < -0.3 is 5.32 Å². The number of rotatable bonds is 2. The molecule has 1 aliphatic rings. The summed E-state index contributed by atoms with van der Waals surface area (Å²) in [6, 6.07) is 2.11. The van der Waals surface area contributed by atoms with E-state index in [0.29, 0.717) is 10.4 Å². The molecule has 1 atom stereocenters. The second-order valence-electron chi connectivity index (χ2n) is 4.67. The third-order valence-electron chi connectivity index (χ3n) is 3.41. The molecule has 0 saturated carbocycles. The molecule has 0 spiro atoms. The van der Waals surface area contributed by atoms with E-state index in [1.165, 1.54) is 6.42 Å². The van der Waals surface area contributed by atoms with Gasteiger partial charge in [0.05, 0.1) is 4.47 Å². The van der Waals surface area contributed by atoms with E-state index in [0.717, 1.165) is 36.2 Å². The van der Waals surface area contributed by atoms with E-state index in [1.54, 1.807) is 0 Å². The van der Waals surface area contributed by atoms with E-state index in [4.69, 9.17) is 0 Å². The lowest BCUT2D eigenvalue weighted by Crippen LogP contribution is -2.12. The lowest BCUT2D eigenvalue weighted by atomic mass is 9.94. The highest BCUT2D eigenvalue weighted by atomic mass is 79.9. The van der Waals surface area contributed by atoms with Crippen molar-refractivity contribution in [1.82, 2.24) is 5.32 Å². The van der Waals surface area contributed by atoms with Crippen molar-refractivity contribution in [3.05, 3.63) is 33.0 Å². The molecule has 1 unspecified atom stereocenters. The van der Waals surface area contributed by atoms with Gasteiger partial charge in [-0.05, 0) is 78.3 Å². The Morgan fingerprint density at radius 1 is 1.50 bits per heavy atom. The molecule has 0 radical (unpaired) electrons. The Morgan fingerprint density at radius 2 is 2.25 bits per heavy atom. The van der Waals surface area contributed by atoms with Crippen molar-refractivity contribution in [3.63, 3.8) is 0 Å². The molecular weight excluding hydrogens is 269 g/mol. The standard InChI is InChI=1S/C13H17BrFN/c1-8-5-11(6-10-3-4-16-7-10)9(2)13(15)12(8)14/h5,10,16H,3-4,6-7H2,1-2H3. The Labute approximate surface area is 105 Å². The monoisotopic (exact) mass is 285 g/mol. The highest BCUT2D eigenvalue weighted by Gasteiger charge is 2.18. The molecule has 88 valence electrons. The van der Waals surface area contributed by atoms with Crippen molar-refractivity contribution >= 4 is 15.9 Å². The summed E-state index contributed by atoms with van der Waals surface area (Å²) >= 11 is 3.29. The average Bonchev–Trinajstić information content (AvgIpc) is 2.76. The number of hydrogen-bond donors (Lipinski definition) is 1. The summed E-state index contributed by atoms with van der Waals surface area (Å²) in [7, 11) is 0. The zero-order chi connectivity index (χ0) is 11.7. The zero-order valence-electron chi connectivity index (χ0n) is 9.74. The van der Waals surface area contributed by atoms with Crippen LogP contribution in [0.25, 0.3) is 0 Å². The fourth-order valence-corrected chi connectivity index (χ4v) is 2.74. The summed E-state index contributed by atoms with van der Waals surface area (Å²) in [5.74, 6) is 0.569. The van der Waals surface area contributed by atoms with E-state index in [2.05, 4.69) is 27.3 Å². The van der Waals surface area contributed by atoms with Crippen molar-refractivity contribution in [2.24, 2.45) is 5.92 Å². The molecule has 0 aliphatic carbocycles. The summed E-state index contributed by atoms with van der Waals surface area (Å²) < 4.78 is 14.5. The minimum Gasteiger partial charge on any atom is -0.316 e. The zero-order valence-corrected chi connectivity index (χ0v) is 11.3. The van der Waals surface area contributed by atoms with Crippen LogP contribution >= 0.6 is 15.9 Å². The first-order chi connectivity index (χ1) is 7.59. The normalized spacial score (nSPS) is 20.4. The molecule has 1 aliphatic heterocycles. The van der Waals surface area contributed by atoms with Gasteiger partial charge >= 0.3 is 0 Å². The van der Waals surface area contributed by atoms with Crippen LogP contribution < -0.4 is 5.32 Å². The fraction of sp³-hybridized carbons (Fsp3) is 0.538. The Bertz CT molecular complexity index is 397. The van der Waals surface area contributed by atoms with Crippen molar-refractivity contribution in [2.45, 2.75) is 26.7 Å². The average molecular weight is 286 g/mol. The Kier molecular flexibility index (Phi) is 3.65. The van der Waals surface area contributed by atoms with Gasteiger partial charge in [0.2, 0.25) is 0 Å². The molecule has 1 fully saturated rings. The van der Waals surface area contributed by atoms with Gasteiger partial charge in [-0.3, -0.25) is 0 Å². The predicted octanol–water partition coefficient (Wildman–Crippen LogP) is 3.36. The number of benzene rings is 1. The third kappa shape index (κ3) is 2.30. The number of nitrogens with one attached hydrogen (secondary N) is 1. The van der Waals surface area contributed by atoms with Crippen LogP contribution in [0.15, 0.2) is 10.5 Å². The SMILES string of the molecule is Cc1cc(CC2CCNC2)c(C)c(F)c1Br. The van der Waals surface area contributed by atoms with Crippen LogP contribution in [0, 0.1) is 25.6 Å². The molecule has 1 saturated heterocycles. The van der Waals surface area contributed by atoms with Gasteiger partial charge in [0.15, 0.2) is 0 Å². The molecule has 0 bridgehead atoms. The predicted molar refractivity (Wildman–Crippen MR) is 68.3 cm³/mol. The van der Waals surface area contributed by atoms with Crippen LogP contribution in [-0.4, -0.2) is 13.1 Å². The van der Waals surface area contributed by atoms with Crippen LogP contribution in [0.5, 0.6) is 0 Å². The highest BCUT2D eigenvalue weighted by molar-refractivity contribution is 9.10. The van der Waals surface area contributed by atoms with Gasteiger partial charge in [-0.1, -0.05) is 6.07 Å². The molecule has 16 heavy (non-hydrogen) atoms. The maximum absolute atomic E-state index is 13.9. The van der Waals surface area contributed by atoms with Gasteiger partial charge in [0.25, 0.3) is 0 Å². The lowest BCUT2D eigenvalue weighted by molar-refractivity contribution is 0.566. The maximum atomic E-state index is 13.9. The van der Waals surface area contributed by atoms with Gasteiger partial charge in [-0.25, -0.2) is 4.39 Å². The molecule has 1 aromatic rings. The summed E-state index contributed by atoms with van der Waals surface area (Å²) in [5.41, 5.74) is 2.94. The maximum Gasteiger partial charge on any atom is 0.140 e. The van der Waals surface area contributed by atoms with E-state index in [9.17, 15) is 4.39 Å². The van der Waals surface area contributed by atoms with Crippen molar-refractivity contribution in [3.8, 4) is 0 Å². The van der Waals surface area contributed by atoms with Crippen LogP contribution in [-0.2, 0) is 6.42 Å². The summed E-state index contributed by atoms with van der Waals surface area (Å²) in [6.45, 7) is 5.98. The van der Waals surface area contributed by atoms with E-state index in [-0.39, 0.29) is 5.82 Å². The molecule has 1 nitrogen and oxygen atoms in total. The molecule has 1 N–H and O–H groups in total. The summed E-state index contributed by atoms with van der Waals surface area (Å²) in [5, 5.41) is 3.35. The number of halogens is 2. The second kappa shape index (κ2) is 4.84. The molecule has 2 rings (SSSR count). The molecule has 0 amide bonds. The quantitative estimate of drug-likeness (QED) is 0.879. The van der Waals surface area contributed by atoms with Crippen LogP contribution in [0.4, 0.5) is 4.39 Å². The van der Waals surface area contributed by atoms with E-state index in [1.807, 2.05) is 13.8 Å². The second-order valence-corrected chi connectivity index (χ2v) is 5.46. The van der Waals surface area contributed by atoms with Crippen molar-refractivity contribution in [1.29, 1.82) is 0 Å². The van der Waals surface area contributed by atoms with Gasteiger partial charge in [0.1, 0.15) is 5.82 Å². The van der Waals surface area contributed by atoms with Crippen LogP contribution in [0.1, 0.15) is 23.1 Å².